The smallest absolute Gasteiger partial charge is 0.297 e. The summed E-state index contributed by atoms with van der Waals surface area (Å²) in [5, 5.41) is 3.96. The predicted molar refractivity (Wildman–Crippen MR) is 121 cm³/mol. The fraction of sp³-hybridized carbons (Fsp3) is 0.261. The minimum Gasteiger partial charge on any atom is -0.448 e. The van der Waals surface area contributed by atoms with E-state index < -0.39 is 0 Å². The zero-order chi connectivity index (χ0) is 22.0. The lowest BCUT2D eigenvalue weighted by Crippen LogP contribution is -2.24. The van der Waals surface area contributed by atoms with Gasteiger partial charge in [-0.2, -0.15) is 0 Å². The van der Waals surface area contributed by atoms with Gasteiger partial charge in [-0.15, -0.1) is 0 Å². The Kier molecular flexibility index (Phi) is 6.08. The standard InChI is InChI=1S/C23H22FN3O3S/c1-14(2)11-12-27-22(29)21-20(17-5-3-4-6-18(17)30-21)26-23(27)31-13-19(28)25-16-9-7-15(24)8-10-16/h3-10,14H,11-13H2,1-2H3,(H,25,28). The number of anilines is 1. The molecule has 31 heavy (non-hydrogen) atoms. The lowest BCUT2D eigenvalue weighted by Gasteiger charge is -2.13. The first-order valence-corrected chi connectivity index (χ1v) is 11.0. The number of nitrogens with one attached hydrogen (secondary N) is 1. The van der Waals surface area contributed by atoms with E-state index in [-0.39, 0.29) is 28.6 Å². The van der Waals surface area contributed by atoms with Crippen LogP contribution in [-0.4, -0.2) is 21.2 Å². The molecule has 0 radical (unpaired) electrons. The molecule has 0 saturated heterocycles. The summed E-state index contributed by atoms with van der Waals surface area (Å²) >= 11 is 1.19. The second kappa shape index (κ2) is 8.93. The van der Waals surface area contributed by atoms with E-state index in [2.05, 4.69) is 19.2 Å². The third-order valence-corrected chi connectivity index (χ3v) is 5.81. The third kappa shape index (κ3) is 4.64. The Bertz CT molecular complexity index is 1300. The Labute approximate surface area is 182 Å². The molecule has 0 atom stereocenters. The van der Waals surface area contributed by atoms with Crippen molar-refractivity contribution in [1.29, 1.82) is 0 Å². The molecule has 1 N–H and O–H groups in total. The highest BCUT2D eigenvalue weighted by Gasteiger charge is 2.18. The maximum atomic E-state index is 13.2. The summed E-state index contributed by atoms with van der Waals surface area (Å²) in [6.07, 6.45) is 0.794. The van der Waals surface area contributed by atoms with E-state index in [9.17, 15) is 14.0 Å². The largest absolute Gasteiger partial charge is 0.448 e. The highest BCUT2D eigenvalue weighted by atomic mass is 32.2. The second-order valence-corrected chi connectivity index (χ2v) is 8.60. The van der Waals surface area contributed by atoms with Crippen LogP contribution in [0.5, 0.6) is 0 Å². The van der Waals surface area contributed by atoms with Crippen molar-refractivity contribution >= 4 is 45.4 Å². The topological polar surface area (TPSA) is 77.1 Å². The van der Waals surface area contributed by atoms with Gasteiger partial charge >= 0.3 is 0 Å². The number of halogens is 1. The SMILES string of the molecule is CC(C)CCn1c(SCC(=O)Nc2ccc(F)cc2)nc2c(oc3ccccc32)c1=O. The van der Waals surface area contributed by atoms with Crippen LogP contribution in [0.25, 0.3) is 22.1 Å². The maximum Gasteiger partial charge on any atom is 0.297 e. The summed E-state index contributed by atoms with van der Waals surface area (Å²) in [5.74, 6) is -0.171. The van der Waals surface area contributed by atoms with Gasteiger partial charge in [-0.25, -0.2) is 9.37 Å². The number of nitrogens with zero attached hydrogens (tertiary/aromatic N) is 2. The molecule has 4 rings (SSSR count). The van der Waals surface area contributed by atoms with Crippen LogP contribution in [0.4, 0.5) is 10.1 Å². The monoisotopic (exact) mass is 439 g/mol. The van der Waals surface area contributed by atoms with Crippen molar-refractivity contribution in [3.05, 3.63) is 64.7 Å². The second-order valence-electron chi connectivity index (χ2n) is 7.65. The molecule has 2 aromatic carbocycles. The molecular formula is C23H22FN3O3S. The summed E-state index contributed by atoms with van der Waals surface area (Å²) in [7, 11) is 0. The van der Waals surface area contributed by atoms with Crippen LogP contribution in [0.3, 0.4) is 0 Å². The van der Waals surface area contributed by atoms with Gasteiger partial charge in [-0.05, 0) is 48.7 Å². The number of carbonyl (C=O) groups excluding carboxylic acids is 1. The first kappa shape index (κ1) is 21.1. The number of fused-ring (bicyclic) bond motifs is 3. The Morgan fingerprint density at radius 2 is 1.94 bits per heavy atom. The predicted octanol–water partition coefficient (Wildman–Crippen LogP) is 5.06. The van der Waals surface area contributed by atoms with E-state index in [1.54, 1.807) is 10.6 Å². The van der Waals surface area contributed by atoms with Crippen molar-refractivity contribution in [1.82, 2.24) is 9.55 Å². The number of hydrogen-bond donors (Lipinski definition) is 1. The quantitative estimate of drug-likeness (QED) is 0.322. The zero-order valence-electron chi connectivity index (χ0n) is 17.2. The Morgan fingerprint density at radius 3 is 2.68 bits per heavy atom. The summed E-state index contributed by atoms with van der Waals surface area (Å²) in [4.78, 5) is 30.3. The zero-order valence-corrected chi connectivity index (χ0v) is 18.0. The average molecular weight is 440 g/mol. The van der Waals surface area contributed by atoms with E-state index in [0.29, 0.717) is 34.4 Å². The molecule has 0 spiro atoms. The number of benzene rings is 2. The molecule has 1 amide bonds. The normalized spacial score (nSPS) is 11.5. The molecule has 2 heterocycles. The first-order chi connectivity index (χ1) is 14.9. The Balaban J connectivity index is 1.64. The van der Waals surface area contributed by atoms with E-state index in [4.69, 9.17) is 9.40 Å². The van der Waals surface area contributed by atoms with Gasteiger partial charge in [0.15, 0.2) is 5.16 Å². The number of aromatic nitrogens is 2. The van der Waals surface area contributed by atoms with Gasteiger partial charge < -0.3 is 9.73 Å². The summed E-state index contributed by atoms with van der Waals surface area (Å²) in [6, 6.07) is 12.9. The number of para-hydroxylation sites is 1. The summed E-state index contributed by atoms with van der Waals surface area (Å²) < 4.78 is 20.4. The lowest BCUT2D eigenvalue weighted by molar-refractivity contribution is -0.113. The van der Waals surface area contributed by atoms with Crippen LogP contribution in [0, 0.1) is 11.7 Å². The molecule has 0 aliphatic carbocycles. The molecule has 0 aliphatic heterocycles. The average Bonchev–Trinajstić information content (AvgIpc) is 3.12. The van der Waals surface area contributed by atoms with Crippen molar-refractivity contribution in [3.63, 3.8) is 0 Å². The molecule has 8 heteroatoms. The highest BCUT2D eigenvalue weighted by molar-refractivity contribution is 7.99. The van der Waals surface area contributed by atoms with Crippen LogP contribution < -0.4 is 10.9 Å². The van der Waals surface area contributed by atoms with Crippen LogP contribution in [0.15, 0.2) is 62.9 Å². The molecule has 2 aromatic heterocycles. The van der Waals surface area contributed by atoms with Gasteiger partial charge in [-0.3, -0.25) is 14.2 Å². The molecule has 0 bridgehead atoms. The summed E-state index contributed by atoms with van der Waals surface area (Å²) in [6.45, 7) is 4.65. The Morgan fingerprint density at radius 1 is 1.19 bits per heavy atom. The highest BCUT2D eigenvalue weighted by Crippen LogP contribution is 2.27. The van der Waals surface area contributed by atoms with E-state index in [1.807, 2.05) is 18.2 Å². The molecule has 160 valence electrons. The first-order valence-electron chi connectivity index (χ1n) is 10.0. The molecule has 0 fully saturated rings. The van der Waals surface area contributed by atoms with Gasteiger partial charge in [0.2, 0.25) is 11.5 Å². The van der Waals surface area contributed by atoms with Gasteiger partial charge in [0, 0.05) is 17.6 Å². The van der Waals surface area contributed by atoms with Crippen LogP contribution in [0.1, 0.15) is 20.3 Å². The van der Waals surface area contributed by atoms with Crippen molar-refractivity contribution in [3.8, 4) is 0 Å². The fourth-order valence-corrected chi connectivity index (χ4v) is 4.03. The number of amides is 1. The molecule has 0 saturated carbocycles. The van der Waals surface area contributed by atoms with Crippen molar-refractivity contribution < 1.29 is 13.6 Å². The van der Waals surface area contributed by atoms with Gasteiger partial charge in [0.1, 0.15) is 16.9 Å². The minimum absolute atomic E-state index is 0.0623. The number of carbonyl (C=O) groups is 1. The fourth-order valence-electron chi connectivity index (χ4n) is 3.21. The van der Waals surface area contributed by atoms with Gasteiger partial charge in [0.05, 0.1) is 5.75 Å². The number of thioether (sulfide) groups is 1. The molecule has 6 nitrogen and oxygen atoms in total. The van der Waals surface area contributed by atoms with Crippen molar-refractivity contribution in [2.24, 2.45) is 5.92 Å². The number of furan rings is 1. The summed E-state index contributed by atoms with van der Waals surface area (Å²) in [5.41, 5.74) is 1.60. The van der Waals surface area contributed by atoms with E-state index in [1.165, 1.54) is 36.0 Å². The van der Waals surface area contributed by atoms with Crippen LogP contribution in [0.2, 0.25) is 0 Å². The molecule has 0 unspecified atom stereocenters. The third-order valence-electron chi connectivity index (χ3n) is 4.84. The molecular weight excluding hydrogens is 417 g/mol. The maximum absolute atomic E-state index is 13.2. The number of rotatable bonds is 7. The van der Waals surface area contributed by atoms with Crippen molar-refractivity contribution in [2.75, 3.05) is 11.1 Å². The van der Waals surface area contributed by atoms with Gasteiger partial charge in [-0.1, -0.05) is 37.7 Å². The Hall–Kier alpha value is -3.13. The van der Waals surface area contributed by atoms with Crippen LogP contribution >= 0.6 is 11.8 Å². The van der Waals surface area contributed by atoms with E-state index in [0.717, 1.165) is 11.8 Å². The van der Waals surface area contributed by atoms with E-state index >= 15 is 0 Å². The minimum atomic E-state index is -0.369. The molecule has 0 aliphatic rings. The number of hydrogen-bond acceptors (Lipinski definition) is 5. The molecule has 4 aromatic rings. The lowest BCUT2D eigenvalue weighted by atomic mass is 10.1. The van der Waals surface area contributed by atoms with Gasteiger partial charge in [0.25, 0.3) is 5.56 Å². The van der Waals surface area contributed by atoms with Crippen molar-refractivity contribution in [2.45, 2.75) is 32.0 Å². The van der Waals surface area contributed by atoms with Crippen LogP contribution in [-0.2, 0) is 11.3 Å².